The minimum atomic E-state index is -3.75. The Bertz CT molecular complexity index is 1030. The summed E-state index contributed by atoms with van der Waals surface area (Å²) in [5.74, 6) is 0.0543. The number of nitrogens with two attached hydrogens (primary N) is 1. The number of anilines is 1. The molecule has 0 aromatic heterocycles. The molecule has 0 saturated heterocycles. The van der Waals surface area contributed by atoms with Gasteiger partial charge >= 0.3 is 0 Å². The summed E-state index contributed by atoms with van der Waals surface area (Å²) in [6.45, 7) is 5.19. The zero-order valence-electron chi connectivity index (χ0n) is 16.8. The zero-order chi connectivity index (χ0) is 20.8. The highest BCUT2D eigenvalue weighted by Gasteiger charge is 2.35. The van der Waals surface area contributed by atoms with Crippen LogP contribution in [0.15, 0.2) is 47.4 Å². The minimum Gasteiger partial charge on any atom is -0.308 e. The Labute approximate surface area is 172 Å². The minimum absolute atomic E-state index is 0.00587. The number of aryl methyl sites for hydroxylation is 1. The number of benzene rings is 2. The molecule has 0 bridgehead atoms. The quantitative estimate of drug-likeness (QED) is 0.789. The van der Waals surface area contributed by atoms with E-state index in [2.05, 4.69) is 36.1 Å². The number of primary sulfonamides is 1. The molecule has 1 fully saturated rings. The van der Waals surface area contributed by atoms with Crippen LogP contribution in [0.1, 0.15) is 36.5 Å². The summed E-state index contributed by atoms with van der Waals surface area (Å²) in [6, 6.07) is 13.7. The first-order chi connectivity index (χ1) is 13.7. The first-order valence-electron chi connectivity index (χ1n) is 10.00. The fourth-order valence-electron chi connectivity index (χ4n) is 4.10. The lowest BCUT2D eigenvalue weighted by Gasteiger charge is -2.28. The molecule has 1 saturated carbocycles. The molecule has 154 valence electrons. The number of nitrogens with zero attached hydrogens (tertiary/aromatic N) is 2. The molecule has 0 spiro atoms. The monoisotopic (exact) mass is 413 g/mol. The van der Waals surface area contributed by atoms with Gasteiger partial charge in [0.2, 0.25) is 15.9 Å². The Balaban J connectivity index is 1.52. The van der Waals surface area contributed by atoms with Gasteiger partial charge in [-0.3, -0.25) is 9.69 Å². The van der Waals surface area contributed by atoms with Crippen LogP contribution in [-0.2, 0) is 27.8 Å². The summed E-state index contributed by atoms with van der Waals surface area (Å²) in [5, 5.41) is 5.25. The summed E-state index contributed by atoms with van der Waals surface area (Å²) in [5.41, 5.74) is 4.09. The fraction of sp³-hybridized carbons (Fsp3) is 0.409. The topological polar surface area (TPSA) is 83.7 Å². The number of rotatable bonds is 6. The highest BCUT2D eigenvalue weighted by atomic mass is 32.2. The van der Waals surface area contributed by atoms with E-state index in [-0.39, 0.29) is 16.8 Å². The van der Waals surface area contributed by atoms with Gasteiger partial charge in [-0.1, -0.05) is 29.8 Å². The molecule has 2 aliphatic rings. The molecule has 1 aliphatic heterocycles. The molecule has 1 unspecified atom stereocenters. The first-order valence-corrected chi connectivity index (χ1v) is 11.5. The summed E-state index contributed by atoms with van der Waals surface area (Å²) in [7, 11) is -3.75. The second-order valence-electron chi connectivity index (χ2n) is 8.27. The van der Waals surface area contributed by atoms with E-state index in [1.807, 2.05) is 11.8 Å². The molecular formula is C22H27N3O3S. The van der Waals surface area contributed by atoms with E-state index in [0.29, 0.717) is 19.0 Å². The van der Waals surface area contributed by atoms with Gasteiger partial charge in [-0.05, 0) is 62.4 Å². The maximum absolute atomic E-state index is 13.2. The van der Waals surface area contributed by atoms with Gasteiger partial charge in [-0.15, -0.1) is 0 Å². The zero-order valence-corrected chi connectivity index (χ0v) is 17.7. The summed E-state index contributed by atoms with van der Waals surface area (Å²) >= 11 is 0. The molecule has 7 heteroatoms. The standard InChI is InChI=1S/C22H27N3O3S/c1-15-3-5-17(6-4-15)13-24(19-7-8-19)14-22(26)25-16(2)11-18-12-20(29(23,27)28)9-10-21(18)25/h3-6,9-10,12,16,19H,7-8,11,13-14H2,1-2H3,(H2,23,27,28). The van der Waals surface area contributed by atoms with Crippen LogP contribution in [0.5, 0.6) is 0 Å². The van der Waals surface area contributed by atoms with Crippen molar-refractivity contribution in [3.05, 3.63) is 59.2 Å². The SMILES string of the molecule is Cc1ccc(CN(CC(=O)N2c3ccc(S(N)(=O)=O)cc3CC2C)C2CC2)cc1. The van der Waals surface area contributed by atoms with Gasteiger partial charge in [0.15, 0.2) is 0 Å². The second-order valence-corrected chi connectivity index (χ2v) is 9.84. The van der Waals surface area contributed by atoms with E-state index in [9.17, 15) is 13.2 Å². The van der Waals surface area contributed by atoms with Gasteiger partial charge in [0.25, 0.3) is 0 Å². The van der Waals surface area contributed by atoms with E-state index in [0.717, 1.165) is 30.6 Å². The number of amides is 1. The Hall–Kier alpha value is -2.22. The molecule has 1 amide bonds. The smallest absolute Gasteiger partial charge is 0.241 e. The molecular weight excluding hydrogens is 386 g/mol. The van der Waals surface area contributed by atoms with Crippen molar-refractivity contribution >= 4 is 21.6 Å². The lowest BCUT2D eigenvalue weighted by atomic mass is 10.1. The lowest BCUT2D eigenvalue weighted by molar-refractivity contribution is -0.120. The molecule has 29 heavy (non-hydrogen) atoms. The second kappa shape index (κ2) is 7.55. The van der Waals surface area contributed by atoms with Crippen molar-refractivity contribution in [1.29, 1.82) is 0 Å². The molecule has 2 aromatic carbocycles. The van der Waals surface area contributed by atoms with Crippen molar-refractivity contribution < 1.29 is 13.2 Å². The molecule has 1 atom stereocenters. The van der Waals surface area contributed by atoms with Crippen LogP contribution in [-0.4, -0.2) is 37.9 Å². The third-order valence-corrected chi connectivity index (χ3v) is 6.68. The van der Waals surface area contributed by atoms with Gasteiger partial charge in [0.1, 0.15) is 0 Å². The van der Waals surface area contributed by atoms with E-state index in [4.69, 9.17) is 5.14 Å². The van der Waals surface area contributed by atoms with Crippen molar-refractivity contribution in [3.8, 4) is 0 Å². The summed E-state index contributed by atoms with van der Waals surface area (Å²) < 4.78 is 23.3. The average molecular weight is 414 g/mol. The van der Waals surface area contributed by atoms with E-state index < -0.39 is 10.0 Å². The summed E-state index contributed by atoms with van der Waals surface area (Å²) in [6.07, 6.45) is 2.89. The highest BCUT2D eigenvalue weighted by molar-refractivity contribution is 7.89. The number of hydrogen-bond acceptors (Lipinski definition) is 4. The Morgan fingerprint density at radius 2 is 1.86 bits per heavy atom. The van der Waals surface area contributed by atoms with Crippen LogP contribution >= 0.6 is 0 Å². The molecule has 2 N–H and O–H groups in total. The van der Waals surface area contributed by atoms with Crippen LogP contribution < -0.4 is 10.0 Å². The molecule has 0 radical (unpaired) electrons. The van der Waals surface area contributed by atoms with Crippen LogP contribution in [0.3, 0.4) is 0 Å². The molecule has 2 aromatic rings. The van der Waals surface area contributed by atoms with Crippen molar-refractivity contribution in [2.75, 3.05) is 11.4 Å². The van der Waals surface area contributed by atoms with Crippen LogP contribution in [0, 0.1) is 6.92 Å². The number of fused-ring (bicyclic) bond motifs is 1. The fourth-order valence-corrected chi connectivity index (χ4v) is 4.66. The Morgan fingerprint density at radius 1 is 1.17 bits per heavy atom. The van der Waals surface area contributed by atoms with Crippen molar-refractivity contribution in [3.63, 3.8) is 0 Å². The van der Waals surface area contributed by atoms with Crippen LogP contribution in [0.25, 0.3) is 0 Å². The molecule has 1 heterocycles. The number of carbonyl (C=O) groups excluding carboxylic acids is 1. The van der Waals surface area contributed by atoms with Crippen molar-refractivity contribution in [2.24, 2.45) is 5.14 Å². The first kappa shape index (κ1) is 20.1. The van der Waals surface area contributed by atoms with Gasteiger partial charge in [0.05, 0.1) is 11.4 Å². The molecule has 4 rings (SSSR count). The van der Waals surface area contributed by atoms with Gasteiger partial charge in [-0.2, -0.15) is 0 Å². The molecule has 6 nitrogen and oxygen atoms in total. The van der Waals surface area contributed by atoms with E-state index in [1.54, 1.807) is 12.1 Å². The molecule has 1 aliphatic carbocycles. The lowest BCUT2D eigenvalue weighted by Crippen LogP contribution is -2.43. The van der Waals surface area contributed by atoms with Gasteiger partial charge < -0.3 is 4.90 Å². The largest absolute Gasteiger partial charge is 0.308 e. The number of hydrogen-bond donors (Lipinski definition) is 1. The van der Waals surface area contributed by atoms with Crippen molar-refractivity contribution in [1.82, 2.24) is 4.90 Å². The normalized spacial score (nSPS) is 18.9. The van der Waals surface area contributed by atoms with Crippen molar-refractivity contribution in [2.45, 2.75) is 56.6 Å². The summed E-state index contributed by atoms with van der Waals surface area (Å²) in [4.78, 5) is 17.4. The van der Waals surface area contributed by atoms with Crippen LogP contribution in [0.4, 0.5) is 5.69 Å². The van der Waals surface area contributed by atoms with E-state index >= 15 is 0 Å². The maximum Gasteiger partial charge on any atom is 0.241 e. The Morgan fingerprint density at radius 3 is 2.48 bits per heavy atom. The highest BCUT2D eigenvalue weighted by Crippen LogP contribution is 2.35. The average Bonchev–Trinajstić information content (AvgIpc) is 3.43. The maximum atomic E-state index is 13.2. The predicted molar refractivity (Wildman–Crippen MR) is 113 cm³/mol. The predicted octanol–water partition coefficient (Wildman–Crippen LogP) is 2.58. The van der Waals surface area contributed by atoms with E-state index in [1.165, 1.54) is 17.2 Å². The Kier molecular flexibility index (Phi) is 5.23. The number of sulfonamides is 1. The third-order valence-electron chi connectivity index (χ3n) is 5.77. The van der Waals surface area contributed by atoms with Crippen LogP contribution in [0.2, 0.25) is 0 Å². The number of carbonyl (C=O) groups is 1. The van der Waals surface area contributed by atoms with Gasteiger partial charge in [-0.25, -0.2) is 13.6 Å². The third kappa shape index (κ3) is 4.37. The van der Waals surface area contributed by atoms with Gasteiger partial charge in [0, 0.05) is 24.3 Å².